The number of nitrogens with one attached hydrogen (secondary N) is 1. The zero-order valence-electron chi connectivity index (χ0n) is 11.3. The molecule has 0 radical (unpaired) electrons. The van der Waals surface area contributed by atoms with Gasteiger partial charge in [-0.2, -0.15) is 5.10 Å². The minimum atomic E-state index is -4.24. The van der Waals surface area contributed by atoms with Gasteiger partial charge in [0, 0.05) is 12.1 Å². The van der Waals surface area contributed by atoms with E-state index in [4.69, 9.17) is 5.73 Å². The van der Waals surface area contributed by atoms with Crippen molar-refractivity contribution in [3.63, 3.8) is 0 Å². The smallest absolute Gasteiger partial charge is 0.266 e. The second kappa shape index (κ2) is 5.32. The van der Waals surface area contributed by atoms with E-state index in [9.17, 15) is 17.2 Å². The van der Waals surface area contributed by atoms with Crippen LogP contribution in [-0.4, -0.2) is 18.2 Å². The lowest BCUT2D eigenvalue weighted by Gasteiger charge is -2.13. The predicted octanol–water partition coefficient (Wildman–Crippen LogP) is 2.13. The number of nitrogen functional groups attached to an aromatic ring is 1. The summed E-state index contributed by atoms with van der Waals surface area (Å²) >= 11 is 0. The maximum atomic E-state index is 13.8. The Morgan fingerprint density at radius 2 is 1.95 bits per heavy atom. The van der Waals surface area contributed by atoms with Gasteiger partial charge in [0.2, 0.25) is 0 Å². The van der Waals surface area contributed by atoms with E-state index >= 15 is 0 Å². The Hall–Kier alpha value is -2.16. The minimum absolute atomic E-state index is 0.0964. The Labute approximate surface area is 120 Å². The third-order valence-electron chi connectivity index (χ3n) is 2.78. The normalized spacial score (nSPS) is 11.9. The molecule has 3 N–H and O–H groups in total. The average molecular weight is 316 g/mol. The molecule has 0 aliphatic heterocycles. The van der Waals surface area contributed by atoms with Gasteiger partial charge in [0.05, 0.1) is 6.20 Å². The molecular formula is C12H14F2N4O2S. The number of nitrogens with zero attached hydrogens (tertiary/aromatic N) is 2. The van der Waals surface area contributed by atoms with Gasteiger partial charge >= 0.3 is 0 Å². The number of hydrogen-bond donors (Lipinski definition) is 2. The lowest BCUT2D eigenvalue weighted by Crippen LogP contribution is -2.19. The molecule has 114 valence electrons. The molecular weight excluding hydrogens is 302 g/mol. The second-order valence-corrected chi connectivity index (χ2v) is 6.28. The molecule has 0 aliphatic rings. The van der Waals surface area contributed by atoms with Gasteiger partial charge < -0.3 is 5.73 Å². The topological polar surface area (TPSA) is 90.0 Å². The first-order valence-electron chi connectivity index (χ1n) is 6.04. The van der Waals surface area contributed by atoms with Crippen LogP contribution in [0.5, 0.6) is 0 Å². The molecule has 0 fully saturated rings. The maximum absolute atomic E-state index is 13.8. The first-order chi connectivity index (χ1) is 9.74. The Bertz CT molecular complexity index is 772. The molecule has 2 aromatic rings. The number of halogens is 2. The van der Waals surface area contributed by atoms with Crippen LogP contribution in [0, 0.1) is 11.6 Å². The van der Waals surface area contributed by atoms with E-state index < -0.39 is 32.2 Å². The van der Waals surface area contributed by atoms with Crippen molar-refractivity contribution < 1.29 is 17.2 Å². The number of aromatic nitrogens is 2. The molecule has 0 saturated heterocycles. The summed E-state index contributed by atoms with van der Waals surface area (Å²) in [6.07, 6.45) is 1.41. The molecule has 6 nitrogen and oxygen atoms in total. The monoisotopic (exact) mass is 316 g/mol. The fourth-order valence-corrected chi connectivity index (χ4v) is 2.90. The van der Waals surface area contributed by atoms with Crippen LogP contribution < -0.4 is 10.5 Å². The van der Waals surface area contributed by atoms with Crippen molar-refractivity contribution in [1.29, 1.82) is 0 Å². The summed E-state index contributed by atoms with van der Waals surface area (Å²) in [7, 11) is -4.24. The van der Waals surface area contributed by atoms with Gasteiger partial charge in [0.15, 0.2) is 5.82 Å². The highest BCUT2D eigenvalue weighted by molar-refractivity contribution is 7.92. The van der Waals surface area contributed by atoms with Crippen molar-refractivity contribution in [2.75, 3.05) is 10.5 Å². The molecule has 0 saturated carbocycles. The van der Waals surface area contributed by atoms with Crippen molar-refractivity contribution in [3.8, 4) is 0 Å². The zero-order chi connectivity index (χ0) is 15.8. The summed E-state index contributed by atoms with van der Waals surface area (Å²) in [6.45, 7) is 3.61. The number of rotatable bonds is 4. The highest BCUT2D eigenvalue weighted by Crippen LogP contribution is 2.25. The van der Waals surface area contributed by atoms with E-state index in [1.807, 2.05) is 0 Å². The van der Waals surface area contributed by atoms with E-state index in [1.54, 1.807) is 13.8 Å². The molecule has 0 unspecified atom stereocenters. The number of anilines is 2. The Kier molecular flexibility index (Phi) is 3.86. The van der Waals surface area contributed by atoms with Crippen molar-refractivity contribution in [2.45, 2.75) is 24.8 Å². The first-order valence-corrected chi connectivity index (χ1v) is 7.52. The van der Waals surface area contributed by atoms with Gasteiger partial charge in [-0.3, -0.25) is 4.72 Å². The molecule has 21 heavy (non-hydrogen) atoms. The SMILES string of the molecule is CC(C)n1nccc1NS(=O)(=O)c1ccc(F)c(N)c1F. The quantitative estimate of drug-likeness (QED) is 0.846. The fraction of sp³-hybridized carbons (Fsp3) is 0.250. The van der Waals surface area contributed by atoms with Crippen LogP contribution >= 0.6 is 0 Å². The number of benzene rings is 1. The number of nitrogens with two attached hydrogens (primary N) is 1. The van der Waals surface area contributed by atoms with Crippen molar-refractivity contribution >= 4 is 21.5 Å². The van der Waals surface area contributed by atoms with Crippen LogP contribution in [0.2, 0.25) is 0 Å². The van der Waals surface area contributed by atoms with Gasteiger partial charge in [-0.1, -0.05) is 0 Å². The molecule has 0 atom stereocenters. The summed E-state index contributed by atoms with van der Waals surface area (Å²) < 4.78 is 54.9. The largest absolute Gasteiger partial charge is 0.394 e. The molecule has 9 heteroatoms. The summed E-state index contributed by atoms with van der Waals surface area (Å²) in [5.74, 6) is -2.16. The highest BCUT2D eigenvalue weighted by Gasteiger charge is 2.24. The van der Waals surface area contributed by atoms with Gasteiger partial charge in [0.1, 0.15) is 22.2 Å². The van der Waals surface area contributed by atoms with E-state index in [1.165, 1.54) is 16.9 Å². The minimum Gasteiger partial charge on any atom is -0.394 e. The summed E-state index contributed by atoms with van der Waals surface area (Å²) in [4.78, 5) is -0.724. The van der Waals surface area contributed by atoms with E-state index in [2.05, 4.69) is 9.82 Å². The van der Waals surface area contributed by atoms with E-state index in [0.717, 1.165) is 12.1 Å². The molecule has 0 spiro atoms. The Balaban J connectivity index is 2.44. The zero-order valence-corrected chi connectivity index (χ0v) is 12.2. The third kappa shape index (κ3) is 2.82. The number of sulfonamides is 1. The van der Waals surface area contributed by atoms with Gasteiger partial charge in [-0.15, -0.1) is 0 Å². The van der Waals surface area contributed by atoms with E-state index in [-0.39, 0.29) is 11.9 Å². The first kappa shape index (κ1) is 15.2. The van der Waals surface area contributed by atoms with Gasteiger partial charge in [0.25, 0.3) is 10.0 Å². The summed E-state index contributed by atoms with van der Waals surface area (Å²) in [5.41, 5.74) is 4.33. The molecule has 0 bridgehead atoms. The summed E-state index contributed by atoms with van der Waals surface area (Å²) in [5, 5.41) is 3.96. The van der Waals surface area contributed by atoms with Crippen LogP contribution in [0.25, 0.3) is 0 Å². The molecule has 1 aromatic heterocycles. The number of hydrogen-bond acceptors (Lipinski definition) is 4. The van der Waals surface area contributed by atoms with Gasteiger partial charge in [-0.25, -0.2) is 21.9 Å². The maximum Gasteiger partial charge on any atom is 0.266 e. The highest BCUT2D eigenvalue weighted by atomic mass is 32.2. The van der Waals surface area contributed by atoms with Crippen LogP contribution in [0.4, 0.5) is 20.3 Å². The predicted molar refractivity (Wildman–Crippen MR) is 74.2 cm³/mol. The molecule has 0 amide bonds. The molecule has 1 heterocycles. The van der Waals surface area contributed by atoms with Crippen molar-refractivity contribution in [2.24, 2.45) is 0 Å². The standard InChI is InChI=1S/C12H14F2N4O2S/c1-7(2)18-10(5-6-16-18)17-21(19,20)9-4-3-8(13)12(15)11(9)14/h3-7,17H,15H2,1-2H3. The Morgan fingerprint density at radius 1 is 1.29 bits per heavy atom. The van der Waals surface area contributed by atoms with E-state index in [0.29, 0.717) is 0 Å². The van der Waals surface area contributed by atoms with Crippen LogP contribution in [0.1, 0.15) is 19.9 Å². The lowest BCUT2D eigenvalue weighted by atomic mass is 10.3. The Morgan fingerprint density at radius 3 is 2.57 bits per heavy atom. The van der Waals surface area contributed by atoms with Crippen molar-refractivity contribution in [1.82, 2.24) is 9.78 Å². The second-order valence-electron chi connectivity index (χ2n) is 4.63. The molecule has 0 aliphatic carbocycles. The van der Waals surface area contributed by atoms with Crippen molar-refractivity contribution in [3.05, 3.63) is 36.0 Å². The van der Waals surface area contributed by atoms with Gasteiger partial charge in [-0.05, 0) is 26.0 Å². The fourth-order valence-electron chi connectivity index (χ4n) is 1.76. The van der Waals surface area contributed by atoms with Crippen LogP contribution in [0.15, 0.2) is 29.3 Å². The average Bonchev–Trinajstić information content (AvgIpc) is 2.83. The third-order valence-corrected chi connectivity index (χ3v) is 4.15. The molecule has 2 rings (SSSR count). The molecule has 1 aromatic carbocycles. The van der Waals surface area contributed by atoms with Crippen LogP contribution in [-0.2, 0) is 10.0 Å². The lowest BCUT2D eigenvalue weighted by molar-refractivity contribution is 0.537. The summed E-state index contributed by atoms with van der Waals surface area (Å²) in [6, 6.07) is 2.95. The van der Waals surface area contributed by atoms with Crippen LogP contribution in [0.3, 0.4) is 0 Å².